The Labute approximate surface area is 76.2 Å². The summed E-state index contributed by atoms with van der Waals surface area (Å²) in [4.78, 5) is 3.99. The summed E-state index contributed by atoms with van der Waals surface area (Å²) in [6, 6.07) is 5.74. The van der Waals surface area contributed by atoms with Crippen LogP contribution in [0.15, 0.2) is 36.8 Å². The SMILES string of the molecule is Cn1ccc(Nc2cccnc2)n1. The number of anilines is 2. The Bertz CT molecular complexity index is 380. The van der Waals surface area contributed by atoms with Gasteiger partial charge in [0.25, 0.3) is 0 Å². The molecule has 2 aromatic heterocycles. The molecule has 2 heterocycles. The van der Waals surface area contributed by atoms with Crippen molar-refractivity contribution in [1.29, 1.82) is 0 Å². The Balaban J connectivity index is 2.15. The average molecular weight is 174 g/mol. The predicted octanol–water partition coefficient (Wildman–Crippen LogP) is 1.56. The molecule has 13 heavy (non-hydrogen) atoms. The highest BCUT2D eigenvalue weighted by molar-refractivity contribution is 5.53. The van der Waals surface area contributed by atoms with Crippen LogP contribution in [0.4, 0.5) is 11.5 Å². The normalized spacial score (nSPS) is 9.92. The van der Waals surface area contributed by atoms with Crippen molar-refractivity contribution in [3.63, 3.8) is 0 Å². The van der Waals surface area contributed by atoms with Crippen LogP contribution in [0, 0.1) is 0 Å². The van der Waals surface area contributed by atoms with E-state index in [0.29, 0.717) is 0 Å². The molecule has 1 N–H and O–H groups in total. The molecule has 0 aliphatic rings. The maximum atomic E-state index is 4.18. The summed E-state index contributed by atoms with van der Waals surface area (Å²) in [5, 5.41) is 7.31. The predicted molar refractivity (Wildman–Crippen MR) is 50.7 cm³/mol. The number of aromatic nitrogens is 3. The zero-order chi connectivity index (χ0) is 9.10. The molecule has 2 rings (SSSR count). The van der Waals surface area contributed by atoms with Crippen molar-refractivity contribution in [3.8, 4) is 0 Å². The minimum atomic E-state index is 0.829. The Morgan fingerprint density at radius 3 is 2.92 bits per heavy atom. The molecular weight excluding hydrogens is 164 g/mol. The fraction of sp³-hybridized carbons (Fsp3) is 0.111. The van der Waals surface area contributed by atoms with Crippen molar-refractivity contribution in [1.82, 2.24) is 14.8 Å². The molecule has 4 heteroatoms. The number of hydrogen-bond donors (Lipinski definition) is 1. The second-order valence-electron chi connectivity index (χ2n) is 2.74. The second kappa shape index (κ2) is 3.26. The molecule has 0 radical (unpaired) electrons. The van der Waals surface area contributed by atoms with E-state index in [1.807, 2.05) is 31.4 Å². The Hall–Kier alpha value is -1.84. The van der Waals surface area contributed by atoms with Gasteiger partial charge in [-0.2, -0.15) is 5.10 Å². The molecule has 0 aliphatic carbocycles. The molecule has 0 aromatic carbocycles. The Morgan fingerprint density at radius 1 is 1.38 bits per heavy atom. The summed E-state index contributed by atoms with van der Waals surface area (Å²) < 4.78 is 1.75. The number of hydrogen-bond acceptors (Lipinski definition) is 3. The first-order valence-electron chi connectivity index (χ1n) is 4.01. The van der Waals surface area contributed by atoms with Gasteiger partial charge in [-0.25, -0.2) is 0 Å². The van der Waals surface area contributed by atoms with Gasteiger partial charge in [0.2, 0.25) is 0 Å². The number of pyridine rings is 1. The number of nitrogens with zero attached hydrogens (tertiary/aromatic N) is 3. The summed E-state index contributed by atoms with van der Waals surface area (Å²) in [7, 11) is 1.88. The highest BCUT2D eigenvalue weighted by Gasteiger charge is 1.95. The minimum Gasteiger partial charge on any atom is -0.337 e. The van der Waals surface area contributed by atoms with E-state index in [4.69, 9.17) is 0 Å². The summed E-state index contributed by atoms with van der Waals surface area (Å²) in [6.45, 7) is 0. The van der Waals surface area contributed by atoms with Crippen molar-refractivity contribution >= 4 is 11.5 Å². The number of nitrogens with one attached hydrogen (secondary N) is 1. The summed E-state index contributed by atoms with van der Waals surface area (Å²) in [5.74, 6) is 0.829. The molecule has 0 bridgehead atoms. The molecule has 0 aliphatic heterocycles. The second-order valence-corrected chi connectivity index (χ2v) is 2.74. The lowest BCUT2D eigenvalue weighted by molar-refractivity contribution is 0.771. The van der Waals surface area contributed by atoms with Crippen LogP contribution < -0.4 is 5.32 Å². The molecule has 0 atom stereocenters. The number of rotatable bonds is 2. The van der Waals surface area contributed by atoms with Crippen LogP contribution in [0.3, 0.4) is 0 Å². The van der Waals surface area contributed by atoms with Gasteiger partial charge in [0, 0.05) is 25.5 Å². The maximum absolute atomic E-state index is 4.18. The first kappa shape index (κ1) is 7.79. The zero-order valence-electron chi connectivity index (χ0n) is 7.31. The van der Waals surface area contributed by atoms with E-state index >= 15 is 0 Å². The molecular formula is C9H10N4. The fourth-order valence-electron chi connectivity index (χ4n) is 1.07. The van der Waals surface area contributed by atoms with E-state index in [2.05, 4.69) is 15.4 Å². The highest BCUT2D eigenvalue weighted by Crippen LogP contribution is 2.11. The van der Waals surface area contributed by atoms with E-state index in [0.717, 1.165) is 11.5 Å². The molecule has 0 unspecified atom stereocenters. The summed E-state index contributed by atoms with van der Waals surface area (Å²) >= 11 is 0. The maximum Gasteiger partial charge on any atom is 0.152 e. The van der Waals surface area contributed by atoms with Gasteiger partial charge >= 0.3 is 0 Å². The Morgan fingerprint density at radius 2 is 2.31 bits per heavy atom. The first-order chi connectivity index (χ1) is 6.34. The molecule has 0 saturated carbocycles. The third-order valence-corrected chi connectivity index (χ3v) is 1.65. The van der Waals surface area contributed by atoms with Crippen molar-refractivity contribution in [2.45, 2.75) is 0 Å². The standard InChI is InChI=1S/C9H10N4/c1-13-6-4-9(12-13)11-8-3-2-5-10-7-8/h2-7H,1H3,(H,11,12). The Kier molecular flexibility index (Phi) is 1.96. The molecule has 0 amide bonds. The lowest BCUT2D eigenvalue weighted by Gasteiger charge is -1.99. The highest BCUT2D eigenvalue weighted by atomic mass is 15.3. The first-order valence-corrected chi connectivity index (χ1v) is 4.01. The van der Waals surface area contributed by atoms with Crippen molar-refractivity contribution < 1.29 is 0 Å². The smallest absolute Gasteiger partial charge is 0.152 e. The molecule has 0 spiro atoms. The molecule has 2 aromatic rings. The quantitative estimate of drug-likeness (QED) is 0.751. The van der Waals surface area contributed by atoms with E-state index in [1.165, 1.54) is 0 Å². The van der Waals surface area contributed by atoms with Crippen LogP contribution in [0.5, 0.6) is 0 Å². The lowest BCUT2D eigenvalue weighted by Crippen LogP contribution is -1.93. The topological polar surface area (TPSA) is 42.7 Å². The van der Waals surface area contributed by atoms with E-state index < -0.39 is 0 Å². The third kappa shape index (κ3) is 1.84. The largest absolute Gasteiger partial charge is 0.337 e. The van der Waals surface area contributed by atoms with E-state index in [1.54, 1.807) is 17.1 Å². The zero-order valence-corrected chi connectivity index (χ0v) is 7.31. The van der Waals surface area contributed by atoms with Gasteiger partial charge in [0.15, 0.2) is 5.82 Å². The van der Waals surface area contributed by atoms with Gasteiger partial charge in [-0.05, 0) is 12.1 Å². The van der Waals surface area contributed by atoms with Crippen LogP contribution in [-0.2, 0) is 7.05 Å². The van der Waals surface area contributed by atoms with E-state index in [-0.39, 0.29) is 0 Å². The number of aryl methyl sites for hydroxylation is 1. The van der Waals surface area contributed by atoms with Gasteiger partial charge < -0.3 is 5.32 Å². The van der Waals surface area contributed by atoms with Gasteiger partial charge in [0.05, 0.1) is 11.9 Å². The fourth-order valence-corrected chi connectivity index (χ4v) is 1.07. The lowest BCUT2D eigenvalue weighted by atomic mass is 10.4. The average Bonchev–Trinajstić information content (AvgIpc) is 2.53. The van der Waals surface area contributed by atoms with Crippen LogP contribution in [0.2, 0.25) is 0 Å². The summed E-state index contributed by atoms with van der Waals surface area (Å²) in [6.07, 6.45) is 5.39. The molecule has 0 fully saturated rings. The van der Waals surface area contributed by atoms with Crippen LogP contribution in [0.1, 0.15) is 0 Å². The van der Waals surface area contributed by atoms with Crippen molar-refractivity contribution in [3.05, 3.63) is 36.8 Å². The van der Waals surface area contributed by atoms with Gasteiger partial charge in [-0.15, -0.1) is 0 Å². The molecule has 4 nitrogen and oxygen atoms in total. The van der Waals surface area contributed by atoms with Crippen molar-refractivity contribution in [2.75, 3.05) is 5.32 Å². The van der Waals surface area contributed by atoms with Gasteiger partial charge in [-0.1, -0.05) is 0 Å². The van der Waals surface area contributed by atoms with Crippen LogP contribution in [-0.4, -0.2) is 14.8 Å². The molecule has 0 saturated heterocycles. The minimum absolute atomic E-state index is 0.829. The molecule has 66 valence electrons. The van der Waals surface area contributed by atoms with Crippen LogP contribution >= 0.6 is 0 Å². The van der Waals surface area contributed by atoms with Crippen molar-refractivity contribution in [2.24, 2.45) is 7.05 Å². The van der Waals surface area contributed by atoms with E-state index in [9.17, 15) is 0 Å². The monoisotopic (exact) mass is 174 g/mol. The van der Waals surface area contributed by atoms with Gasteiger partial charge in [-0.3, -0.25) is 9.67 Å². The third-order valence-electron chi connectivity index (χ3n) is 1.65. The van der Waals surface area contributed by atoms with Crippen LogP contribution in [0.25, 0.3) is 0 Å². The van der Waals surface area contributed by atoms with Gasteiger partial charge in [0.1, 0.15) is 0 Å². The summed E-state index contributed by atoms with van der Waals surface area (Å²) in [5.41, 5.74) is 0.946.